The topological polar surface area (TPSA) is 99.9 Å². The number of nitrogens with two attached hydrogens (primary N) is 2. The Morgan fingerprint density at radius 3 is 2.62 bits per heavy atom. The summed E-state index contributed by atoms with van der Waals surface area (Å²) < 4.78 is 5.83. The van der Waals surface area contributed by atoms with Crippen molar-refractivity contribution in [3.63, 3.8) is 0 Å². The fourth-order valence-corrected chi connectivity index (χ4v) is 3.01. The number of aromatic nitrogens is 3. The van der Waals surface area contributed by atoms with Crippen LogP contribution < -0.4 is 16.2 Å². The molecule has 4 rings (SSSR count). The Bertz CT molecular complexity index is 1100. The molecule has 0 radical (unpaired) electrons. The van der Waals surface area contributed by atoms with Crippen LogP contribution in [-0.2, 0) is 0 Å². The van der Waals surface area contributed by atoms with E-state index in [2.05, 4.69) is 15.0 Å². The molecule has 0 aliphatic rings. The number of nitrogens with zero attached hydrogens (tertiary/aromatic N) is 3. The van der Waals surface area contributed by atoms with Crippen LogP contribution in [0.3, 0.4) is 0 Å². The van der Waals surface area contributed by atoms with E-state index in [4.69, 9.17) is 16.2 Å². The van der Waals surface area contributed by atoms with E-state index >= 15 is 0 Å². The SMILES string of the molecule is Cc1c(-c2cccc(Oc3ccccn3)c2)ccc2nc(N)nc(N)c12. The van der Waals surface area contributed by atoms with Crippen LogP contribution >= 0.6 is 0 Å². The van der Waals surface area contributed by atoms with E-state index in [-0.39, 0.29) is 5.95 Å². The number of rotatable bonds is 3. The molecule has 4 N–H and O–H groups in total. The second-order valence-electron chi connectivity index (χ2n) is 5.90. The maximum Gasteiger partial charge on any atom is 0.222 e. The first-order valence-corrected chi connectivity index (χ1v) is 8.13. The smallest absolute Gasteiger partial charge is 0.222 e. The molecule has 0 unspecified atom stereocenters. The van der Waals surface area contributed by atoms with Gasteiger partial charge < -0.3 is 16.2 Å². The van der Waals surface area contributed by atoms with E-state index in [9.17, 15) is 0 Å². The molecule has 0 aliphatic heterocycles. The monoisotopic (exact) mass is 343 g/mol. The molecule has 6 nitrogen and oxygen atoms in total. The van der Waals surface area contributed by atoms with Gasteiger partial charge in [0.15, 0.2) is 0 Å². The molecule has 6 heteroatoms. The first-order valence-electron chi connectivity index (χ1n) is 8.13. The summed E-state index contributed by atoms with van der Waals surface area (Å²) in [5, 5.41) is 0.813. The van der Waals surface area contributed by atoms with Gasteiger partial charge in [0.25, 0.3) is 0 Å². The first kappa shape index (κ1) is 15.8. The van der Waals surface area contributed by atoms with Crippen molar-refractivity contribution in [2.24, 2.45) is 0 Å². The number of anilines is 2. The highest BCUT2D eigenvalue weighted by Crippen LogP contribution is 2.33. The lowest BCUT2D eigenvalue weighted by Gasteiger charge is -2.12. The van der Waals surface area contributed by atoms with Gasteiger partial charge in [-0.2, -0.15) is 4.98 Å². The molecular weight excluding hydrogens is 326 g/mol. The summed E-state index contributed by atoms with van der Waals surface area (Å²) in [6.07, 6.45) is 1.70. The number of nitrogen functional groups attached to an aromatic ring is 2. The van der Waals surface area contributed by atoms with Gasteiger partial charge in [-0.1, -0.05) is 24.3 Å². The normalized spacial score (nSPS) is 10.8. The Labute approximate surface area is 150 Å². The molecule has 0 amide bonds. The Morgan fingerprint density at radius 1 is 0.923 bits per heavy atom. The molecule has 2 aromatic heterocycles. The number of aryl methyl sites for hydroxylation is 1. The lowest BCUT2D eigenvalue weighted by Crippen LogP contribution is -2.02. The molecule has 0 atom stereocenters. The zero-order valence-corrected chi connectivity index (χ0v) is 14.2. The summed E-state index contributed by atoms with van der Waals surface area (Å²) in [6, 6.07) is 17.3. The summed E-state index contributed by atoms with van der Waals surface area (Å²) >= 11 is 0. The van der Waals surface area contributed by atoms with Crippen LogP contribution in [0.25, 0.3) is 22.0 Å². The predicted molar refractivity (Wildman–Crippen MR) is 103 cm³/mol. The second-order valence-corrected chi connectivity index (χ2v) is 5.90. The maximum atomic E-state index is 6.07. The van der Waals surface area contributed by atoms with Crippen molar-refractivity contribution in [1.29, 1.82) is 0 Å². The van der Waals surface area contributed by atoms with E-state index in [1.54, 1.807) is 6.20 Å². The molecule has 0 saturated heterocycles. The van der Waals surface area contributed by atoms with Crippen molar-refractivity contribution >= 4 is 22.7 Å². The van der Waals surface area contributed by atoms with E-state index < -0.39 is 0 Å². The van der Waals surface area contributed by atoms with E-state index in [1.165, 1.54) is 0 Å². The molecule has 2 aromatic carbocycles. The van der Waals surface area contributed by atoms with Crippen molar-refractivity contribution in [2.45, 2.75) is 6.92 Å². The quantitative estimate of drug-likeness (QED) is 0.584. The zero-order chi connectivity index (χ0) is 18.1. The number of benzene rings is 2. The predicted octanol–water partition coefficient (Wildman–Crippen LogP) is 3.96. The van der Waals surface area contributed by atoms with Crippen molar-refractivity contribution in [2.75, 3.05) is 11.5 Å². The van der Waals surface area contributed by atoms with Gasteiger partial charge in [-0.3, -0.25) is 0 Å². The van der Waals surface area contributed by atoms with Gasteiger partial charge in [0.2, 0.25) is 11.8 Å². The van der Waals surface area contributed by atoms with Gasteiger partial charge in [0.05, 0.1) is 5.52 Å². The summed E-state index contributed by atoms with van der Waals surface area (Å²) in [7, 11) is 0. The minimum absolute atomic E-state index is 0.174. The van der Waals surface area contributed by atoms with Crippen molar-refractivity contribution in [3.8, 4) is 22.8 Å². The van der Waals surface area contributed by atoms with Crippen molar-refractivity contribution < 1.29 is 4.74 Å². The van der Waals surface area contributed by atoms with Gasteiger partial charge in [0.1, 0.15) is 11.6 Å². The first-order chi connectivity index (χ1) is 12.6. The Morgan fingerprint density at radius 2 is 1.81 bits per heavy atom. The van der Waals surface area contributed by atoms with Crippen LogP contribution in [0.4, 0.5) is 11.8 Å². The average molecular weight is 343 g/mol. The van der Waals surface area contributed by atoms with Crippen molar-refractivity contribution in [1.82, 2.24) is 15.0 Å². The van der Waals surface area contributed by atoms with Crippen LogP contribution in [0, 0.1) is 6.92 Å². The summed E-state index contributed by atoms with van der Waals surface area (Å²) in [5.74, 6) is 1.82. The average Bonchev–Trinajstić information content (AvgIpc) is 2.62. The van der Waals surface area contributed by atoms with Gasteiger partial charge >= 0.3 is 0 Å². The number of fused-ring (bicyclic) bond motifs is 1. The molecule has 0 bridgehead atoms. The molecule has 0 spiro atoms. The summed E-state index contributed by atoms with van der Waals surface area (Å²) in [4.78, 5) is 12.5. The third kappa shape index (κ3) is 2.88. The third-order valence-corrected chi connectivity index (χ3v) is 4.17. The van der Waals surface area contributed by atoms with Crippen LogP contribution in [0.5, 0.6) is 11.6 Å². The zero-order valence-electron chi connectivity index (χ0n) is 14.2. The Hall–Kier alpha value is -3.67. The highest BCUT2D eigenvalue weighted by Gasteiger charge is 2.12. The van der Waals surface area contributed by atoms with Crippen LogP contribution in [0.1, 0.15) is 5.56 Å². The van der Waals surface area contributed by atoms with Gasteiger partial charge in [0, 0.05) is 17.6 Å². The summed E-state index contributed by atoms with van der Waals surface area (Å²) in [5.41, 5.74) is 15.5. The molecule has 26 heavy (non-hydrogen) atoms. The minimum Gasteiger partial charge on any atom is -0.439 e. The molecule has 128 valence electrons. The fraction of sp³-hybridized carbons (Fsp3) is 0.0500. The molecule has 0 aliphatic carbocycles. The lowest BCUT2D eigenvalue weighted by molar-refractivity contribution is 0.463. The second kappa shape index (κ2) is 6.33. The lowest BCUT2D eigenvalue weighted by atomic mass is 9.97. The molecular formula is C20H17N5O. The molecule has 4 aromatic rings. The Kier molecular flexibility index (Phi) is 3.85. The number of hydrogen-bond acceptors (Lipinski definition) is 6. The standard InChI is InChI=1S/C20H17N5O/c1-12-15(8-9-16-18(12)19(21)25-20(22)24-16)13-5-4-6-14(11-13)26-17-7-2-3-10-23-17/h2-11H,1H3,(H4,21,22,24,25). The number of pyridine rings is 1. The van der Waals surface area contributed by atoms with Gasteiger partial charge in [-0.05, 0) is 47.9 Å². The fourth-order valence-electron chi connectivity index (χ4n) is 3.01. The van der Waals surface area contributed by atoms with E-state index in [0.717, 1.165) is 27.6 Å². The Balaban J connectivity index is 1.78. The highest BCUT2D eigenvalue weighted by atomic mass is 16.5. The summed E-state index contributed by atoms with van der Waals surface area (Å²) in [6.45, 7) is 2.00. The molecule has 2 heterocycles. The maximum absolute atomic E-state index is 6.07. The minimum atomic E-state index is 0.174. The highest BCUT2D eigenvalue weighted by molar-refractivity contribution is 5.96. The number of hydrogen-bond donors (Lipinski definition) is 2. The van der Waals surface area contributed by atoms with Gasteiger partial charge in [-0.25, -0.2) is 9.97 Å². The molecule has 0 saturated carbocycles. The molecule has 0 fully saturated rings. The van der Waals surface area contributed by atoms with Crippen LogP contribution in [-0.4, -0.2) is 15.0 Å². The number of ether oxygens (including phenoxy) is 1. The van der Waals surface area contributed by atoms with Crippen LogP contribution in [0.15, 0.2) is 60.8 Å². The van der Waals surface area contributed by atoms with Crippen molar-refractivity contribution in [3.05, 3.63) is 66.4 Å². The van der Waals surface area contributed by atoms with E-state index in [0.29, 0.717) is 17.4 Å². The van der Waals surface area contributed by atoms with E-state index in [1.807, 2.05) is 61.5 Å². The third-order valence-electron chi connectivity index (χ3n) is 4.17. The largest absolute Gasteiger partial charge is 0.439 e. The van der Waals surface area contributed by atoms with Gasteiger partial charge in [-0.15, -0.1) is 0 Å². The van der Waals surface area contributed by atoms with Crippen LogP contribution in [0.2, 0.25) is 0 Å².